The van der Waals surface area contributed by atoms with Crippen LogP contribution in [0.2, 0.25) is 0 Å². The van der Waals surface area contributed by atoms with Crippen LogP contribution in [0.5, 0.6) is 0 Å². The van der Waals surface area contributed by atoms with E-state index in [9.17, 15) is 0 Å². The Morgan fingerprint density at radius 3 is 2.16 bits per heavy atom. The molecule has 0 saturated carbocycles. The number of hydrogen-bond acceptors (Lipinski definition) is 3. The van der Waals surface area contributed by atoms with Crippen LogP contribution in [-0.2, 0) is 0 Å². The van der Waals surface area contributed by atoms with Gasteiger partial charge in [0.15, 0.2) is 0 Å². The third-order valence-electron chi connectivity index (χ3n) is 3.45. The molecule has 0 radical (unpaired) electrons. The average Bonchev–Trinajstić information content (AvgIpc) is 2.36. The van der Waals surface area contributed by atoms with Gasteiger partial charge < -0.3 is 9.80 Å². The third kappa shape index (κ3) is 7.00. The summed E-state index contributed by atoms with van der Waals surface area (Å²) in [6, 6.07) is 10.6. The lowest BCUT2D eigenvalue weighted by Crippen LogP contribution is -2.42. The van der Waals surface area contributed by atoms with Crippen molar-refractivity contribution in [2.45, 2.75) is 31.2 Å². The van der Waals surface area contributed by atoms with Crippen LogP contribution < -0.4 is 0 Å². The molecule has 0 aliphatic rings. The van der Waals surface area contributed by atoms with Gasteiger partial charge in [0.05, 0.1) is 0 Å². The quantitative estimate of drug-likeness (QED) is 0.707. The van der Waals surface area contributed by atoms with E-state index < -0.39 is 0 Å². The lowest BCUT2D eigenvalue weighted by Gasteiger charge is -2.33. The highest BCUT2D eigenvalue weighted by molar-refractivity contribution is 7.99. The largest absolute Gasteiger partial charge is 0.304 e. The zero-order chi connectivity index (χ0) is 14.3. The Balaban J connectivity index is 2.16. The van der Waals surface area contributed by atoms with Crippen molar-refractivity contribution >= 4 is 11.8 Å². The van der Waals surface area contributed by atoms with Crippen molar-refractivity contribution in [3.8, 4) is 0 Å². The van der Waals surface area contributed by atoms with E-state index in [1.54, 1.807) is 0 Å². The van der Waals surface area contributed by atoms with Gasteiger partial charge in [-0.3, -0.25) is 0 Å². The van der Waals surface area contributed by atoms with Crippen molar-refractivity contribution < 1.29 is 0 Å². The van der Waals surface area contributed by atoms with E-state index in [1.165, 1.54) is 4.90 Å². The Hall–Kier alpha value is -0.510. The van der Waals surface area contributed by atoms with Crippen LogP contribution in [0, 0.1) is 0 Å². The minimum atomic E-state index is 0.264. The van der Waals surface area contributed by atoms with E-state index in [0.29, 0.717) is 0 Å². The first kappa shape index (κ1) is 16.5. The molecule has 0 N–H and O–H groups in total. The maximum absolute atomic E-state index is 2.41. The molecule has 0 bridgehead atoms. The molecule has 1 aromatic rings. The normalized spacial score (nSPS) is 12.4. The van der Waals surface area contributed by atoms with Gasteiger partial charge in [0.1, 0.15) is 0 Å². The summed E-state index contributed by atoms with van der Waals surface area (Å²) in [7, 11) is 4.41. The summed E-state index contributed by atoms with van der Waals surface area (Å²) in [5.74, 6) is 1.15. The first-order valence-electron chi connectivity index (χ1n) is 6.97. The molecular weight excluding hydrogens is 252 g/mol. The van der Waals surface area contributed by atoms with Gasteiger partial charge in [0.25, 0.3) is 0 Å². The minimum Gasteiger partial charge on any atom is -0.304 e. The number of benzene rings is 1. The Kier molecular flexibility index (Phi) is 6.90. The van der Waals surface area contributed by atoms with Crippen molar-refractivity contribution in [2.24, 2.45) is 0 Å². The van der Waals surface area contributed by atoms with Crippen molar-refractivity contribution in [3.05, 3.63) is 30.3 Å². The zero-order valence-electron chi connectivity index (χ0n) is 13.0. The number of nitrogens with zero attached hydrogens (tertiary/aromatic N) is 2. The highest BCUT2D eigenvalue weighted by atomic mass is 32.2. The molecule has 0 amide bonds. The monoisotopic (exact) mass is 280 g/mol. The molecule has 0 fully saturated rings. The van der Waals surface area contributed by atoms with Gasteiger partial charge in [-0.25, -0.2) is 0 Å². The van der Waals surface area contributed by atoms with Gasteiger partial charge in [-0.15, -0.1) is 11.8 Å². The first-order chi connectivity index (χ1) is 8.89. The number of likely N-dealkylation sites (N-methyl/N-ethyl adjacent to an activating group) is 2. The van der Waals surface area contributed by atoms with Crippen LogP contribution >= 0.6 is 11.8 Å². The zero-order valence-corrected chi connectivity index (χ0v) is 13.8. The summed E-state index contributed by atoms with van der Waals surface area (Å²) in [6.45, 7) is 10.2. The molecule has 0 spiro atoms. The molecule has 19 heavy (non-hydrogen) atoms. The number of rotatable bonds is 7. The molecule has 0 atom stereocenters. The van der Waals surface area contributed by atoms with E-state index in [2.05, 4.69) is 75.0 Å². The average molecular weight is 280 g/mol. The topological polar surface area (TPSA) is 6.48 Å². The second-order valence-corrected chi connectivity index (χ2v) is 7.23. The summed E-state index contributed by atoms with van der Waals surface area (Å²) in [4.78, 5) is 6.19. The number of thioether (sulfide) groups is 1. The number of hydrogen-bond donors (Lipinski definition) is 0. The predicted octanol–water partition coefficient (Wildman–Crippen LogP) is 3.44. The van der Waals surface area contributed by atoms with Crippen LogP contribution in [-0.4, -0.2) is 54.8 Å². The highest BCUT2D eigenvalue weighted by Gasteiger charge is 2.16. The highest BCUT2D eigenvalue weighted by Crippen LogP contribution is 2.16. The summed E-state index contributed by atoms with van der Waals surface area (Å²) < 4.78 is 0. The van der Waals surface area contributed by atoms with Crippen LogP contribution in [0.15, 0.2) is 35.2 Å². The van der Waals surface area contributed by atoms with Crippen molar-refractivity contribution in [2.75, 3.05) is 39.5 Å². The second-order valence-electron chi connectivity index (χ2n) is 6.06. The van der Waals surface area contributed by atoms with E-state index in [0.717, 1.165) is 25.4 Å². The molecule has 1 rings (SSSR count). The molecule has 0 heterocycles. The van der Waals surface area contributed by atoms with Gasteiger partial charge in [-0.1, -0.05) is 18.2 Å². The Labute approximate surface area is 123 Å². The minimum absolute atomic E-state index is 0.264. The molecule has 3 heteroatoms. The Bertz CT molecular complexity index is 346. The SMILES string of the molecule is CN(CCSc1ccccc1)CCN(C)C(C)(C)C. The first-order valence-corrected chi connectivity index (χ1v) is 7.96. The van der Waals surface area contributed by atoms with Crippen molar-refractivity contribution in [1.29, 1.82) is 0 Å². The molecule has 0 aliphatic heterocycles. The van der Waals surface area contributed by atoms with Gasteiger partial charge in [-0.05, 0) is 47.0 Å². The van der Waals surface area contributed by atoms with Crippen molar-refractivity contribution in [3.63, 3.8) is 0 Å². The molecule has 1 aromatic carbocycles. The Morgan fingerprint density at radius 2 is 1.58 bits per heavy atom. The van der Waals surface area contributed by atoms with Gasteiger partial charge >= 0.3 is 0 Å². The summed E-state index contributed by atoms with van der Waals surface area (Å²) in [5.41, 5.74) is 0.264. The summed E-state index contributed by atoms with van der Waals surface area (Å²) in [6.07, 6.45) is 0. The summed E-state index contributed by atoms with van der Waals surface area (Å²) >= 11 is 1.93. The lowest BCUT2D eigenvalue weighted by atomic mass is 10.1. The lowest BCUT2D eigenvalue weighted by molar-refractivity contribution is 0.156. The molecule has 0 aliphatic carbocycles. The maximum Gasteiger partial charge on any atom is 0.0122 e. The molecule has 2 nitrogen and oxygen atoms in total. The predicted molar refractivity (Wildman–Crippen MR) is 87.0 cm³/mol. The fraction of sp³-hybridized carbons (Fsp3) is 0.625. The van der Waals surface area contributed by atoms with Crippen LogP contribution in [0.25, 0.3) is 0 Å². The molecular formula is C16H28N2S. The van der Waals surface area contributed by atoms with Gasteiger partial charge in [0.2, 0.25) is 0 Å². The van der Waals surface area contributed by atoms with Crippen molar-refractivity contribution in [1.82, 2.24) is 9.80 Å². The smallest absolute Gasteiger partial charge is 0.0122 e. The molecule has 108 valence electrons. The second kappa shape index (κ2) is 7.93. The van der Waals surface area contributed by atoms with E-state index in [1.807, 2.05) is 11.8 Å². The molecule has 0 aromatic heterocycles. The van der Waals surface area contributed by atoms with Gasteiger partial charge in [-0.2, -0.15) is 0 Å². The standard InChI is InChI=1S/C16H28N2S/c1-16(2,3)18(5)12-11-17(4)13-14-19-15-9-7-6-8-10-15/h6-10H,11-14H2,1-5H3. The van der Waals surface area contributed by atoms with Crippen LogP contribution in [0.3, 0.4) is 0 Å². The van der Waals surface area contributed by atoms with E-state index in [-0.39, 0.29) is 5.54 Å². The molecule has 0 saturated heterocycles. The fourth-order valence-electron chi connectivity index (χ4n) is 1.60. The van der Waals surface area contributed by atoms with E-state index in [4.69, 9.17) is 0 Å². The van der Waals surface area contributed by atoms with Gasteiger partial charge in [0, 0.05) is 35.8 Å². The van der Waals surface area contributed by atoms with Crippen LogP contribution in [0.4, 0.5) is 0 Å². The van der Waals surface area contributed by atoms with Crippen LogP contribution in [0.1, 0.15) is 20.8 Å². The Morgan fingerprint density at radius 1 is 0.947 bits per heavy atom. The maximum atomic E-state index is 2.41. The molecule has 0 unspecified atom stereocenters. The van der Waals surface area contributed by atoms with E-state index >= 15 is 0 Å². The fourth-order valence-corrected chi connectivity index (χ4v) is 2.59. The third-order valence-corrected chi connectivity index (χ3v) is 4.44. The summed E-state index contributed by atoms with van der Waals surface area (Å²) in [5, 5.41) is 0.